The van der Waals surface area contributed by atoms with E-state index in [0.29, 0.717) is 28.0 Å². The summed E-state index contributed by atoms with van der Waals surface area (Å²) < 4.78 is 37.3. The molecule has 1 amide bonds. The number of carbonyl (C=O) groups excluding carboxylic acids is 2. The van der Waals surface area contributed by atoms with E-state index in [-0.39, 0.29) is 16.9 Å². The van der Waals surface area contributed by atoms with Crippen LogP contribution in [0.25, 0.3) is 22.0 Å². The van der Waals surface area contributed by atoms with E-state index >= 15 is 8.78 Å². The van der Waals surface area contributed by atoms with Gasteiger partial charge < -0.3 is 15.0 Å². The highest BCUT2D eigenvalue weighted by Gasteiger charge is 2.45. The van der Waals surface area contributed by atoms with E-state index in [1.807, 2.05) is 26.0 Å². The molecule has 0 bridgehead atoms. The van der Waals surface area contributed by atoms with E-state index in [4.69, 9.17) is 4.74 Å². The van der Waals surface area contributed by atoms with Crippen LogP contribution >= 0.6 is 0 Å². The standard InChI is InChI=1S/C29H27F2N3O3/c1-15-23-22(14-21(30)24(25(23)31)20-7-5-6-18-12-13-32-26(18)20)34-29(3,4)27(15)37-28(36)33-19-10-8-17(9-11-19)16(2)35/h5-15,27,32,34H,1-4H3,(H,33,36)/t15-,27?/m0/s1. The van der Waals surface area contributed by atoms with Crippen LogP contribution in [0.5, 0.6) is 0 Å². The third-order valence-electron chi connectivity index (χ3n) is 6.96. The highest BCUT2D eigenvalue weighted by molar-refractivity contribution is 5.96. The fourth-order valence-corrected chi connectivity index (χ4v) is 5.22. The Labute approximate surface area is 213 Å². The van der Waals surface area contributed by atoms with Gasteiger partial charge >= 0.3 is 6.09 Å². The zero-order valence-electron chi connectivity index (χ0n) is 20.9. The first kappa shape index (κ1) is 24.5. The van der Waals surface area contributed by atoms with Gasteiger partial charge in [-0.05, 0) is 62.6 Å². The molecule has 3 N–H and O–H groups in total. The topological polar surface area (TPSA) is 83.2 Å². The maximum absolute atomic E-state index is 16.1. The summed E-state index contributed by atoms with van der Waals surface area (Å²) in [6, 6.07) is 14.9. The number of aromatic amines is 1. The predicted octanol–water partition coefficient (Wildman–Crippen LogP) is 7.24. The molecule has 2 heterocycles. The number of Topliss-reactive ketones (excluding diaryl/α,β-unsaturated/α-hetero) is 1. The molecule has 1 aliphatic heterocycles. The molecule has 190 valence electrons. The van der Waals surface area contributed by atoms with Crippen LogP contribution in [0.15, 0.2) is 60.8 Å². The molecule has 1 aromatic heterocycles. The number of benzene rings is 3. The molecule has 2 atom stereocenters. The Hall–Kier alpha value is -4.20. The summed E-state index contributed by atoms with van der Waals surface area (Å²) in [6.07, 6.45) is 0.237. The average molecular weight is 504 g/mol. The zero-order valence-corrected chi connectivity index (χ0v) is 20.9. The number of para-hydroxylation sites is 1. The summed E-state index contributed by atoms with van der Waals surface area (Å²) in [7, 11) is 0. The molecular formula is C29H27F2N3O3. The Morgan fingerprint density at radius 3 is 2.49 bits per heavy atom. The fraction of sp³-hybridized carbons (Fsp3) is 0.241. The molecular weight excluding hydrogens is 476 g/mol. The second kappa shape index (κ2) is 9.03. The molecule has 1 aliphatic rings. The van der Waals surface area contributed by atoms with Crippen LogP contribution in [-0.4, -0.2) is 28.5 Å². The molecule has 37 heavy (non-hydrogen) atoms. The summed E-state index contributed by atoms with van der Waals surface area (Å²) in [6.45, 7) is 6.86. The average Bonchev–Trinajstić information content (AvgIpc) is 3.31. The van der Waals surface area contributed by atoms with Crippen molar-refractivity contribution >= 4 is 34.2 Å². The van der Waals surface area contributed by atoms with Crippen LogP contribution in [0.2, 0.25) is 0 Å². The number of anilines is 2. The fourth-order valence-electron chi connectivity index (χ4n) is 5.22. The van der Waals surface area contributed by atoms with Gasteiger partial charge in [0.05, 0.1) is 16.6 Å². The summed E-state index contributed by atoms with van der Waals surface area (Å²) in [5, 5.41) is 6.67. The first-order valence-electron chi connectivity index (χ1n) is 12.0. The maximum Gasteiger partial charge on any atom is 0.411 e. The predicted molar refractivity (Wildman–Crippen MR) is 140 cm³/mol. The molecule has 6 nitrogen and oxygen atoms in total. The minimum atomic E-state index is -0.817. The van der Waals surface area contributed by atoms with E-state index in [0.717, 1.165) is 5.39 Å². The lowest BCUT2D eigenvalue weighted by Gasteiger charge is -2.44. The third kappa shape index (κ3) is 4.33. The monoisotopic (exact) mass is 503 g/mol. The minimum Gasteiger partial charge on any atom is -0.443 e. The van der Waals surface area contributed by atoms with Crippen molar-refractivity contribution in [3.05, 3.63) is 83.6 Å². The molecule has 0 radical (unpaired) electrons. The Bertz CT molecular complexity index is 1530. The molecule has 0 fully saturated rings. The van der Waals surface area contributed by atoms with Gasteiger partial charge in [0.1, 0.15) is 17.7 Å². The van der Waals surface area contributed by atoms with Gasteiger partial charge in [0.2, 0.25) is 0 Å². The SMILES string of the molecule is CC(=O)c1ccc(NC(=O)OC2[C@@H](C)c3c(cc(F)c(-c4cccc5cc[nH]c45)c3F)NC2(C)C)cc1. The Morgan fingerprint density at radius 1 is 1.05 bits per heavy atom. The van der Waals surface area contributed by atoms with Crippen molar-refractivity contribution in [2.45, 2.75) is 45.3 Å². The second-order valence-corrected chi connectivity index (χ2v) is 9.98. The van der Waals surface area contributed by atoms with E-state index in [9.17, 15) is 9.59 Å². The zero-order chi connectivity index (χ0) is 26.5. The van der Waals surface area contributed by atoms with Crippen LogP contribution in [0, 0.1) is 11.6 Å². The number of carbonyl (C=O) groups is 2. The number of nitrogens with one attached hydrogen (secondary N) is 3. The van der Waals surface area contributed by atoms with Crippen molar-refractivity contribution in [2.75, 3.05) is 10.6 Å². The van der Waals surface area contributed by atoms with Crippen molar-refractivity contribution in [3.63, 3.8) is 0 Å². The number of fused-ring (bicyclic) bond motifs is 2. The van der Waals surface area contributed by atoms with Crippen molar-refractivity contribution in [3.8, 4) is 11.1 Å². The van der Waals surface area contributed by atoms with Crippen LogP contribution in [0.4, 0.5) is 25.0 Å². The molecule has 5 rings (SSSR count). The molecule has 8 heteroatoms. The first-order chi connectivity index (χ1) is 17.6. The van der Waals surface area contributed by atoms with Crippen LogP contribution < -0.4 is 10.6 Å². The smallest absolute Gasteiger partial charge is 0.411 e. The molecule has 4 aromatic rings. The lowest BCUT2D eigenvalue weighted by molar-refractivity contribution is 0.0560. The number of hydrogen-bond donors (Lipinski definition) is 3. The summed E-state index contributed by atoms with van der Waals surface area (Å²) >= 11 is 0. The van der Waals surface area contributed by atoms with Crippen LogP contribution in [-0.2, 0) is 4.74 Å². The van der Waals surface area contributed by atoms with Gasteiger partial charge in [-0.15, -0.1) is 0 Å². The van der Waals surface area contributed by atoms with E-state index in [1.54, 1.807) is 49.5 Å². The number of hydrogen-bond acceptors (Lipinski definition) is 4. The molecule has 0 saturated carbocycles. The number of halogens is 2. The number of aromatic nitrogens is 1. The van der Waals surface area contributed by atoms with Gasteiger partial charge in [0.25, 0.3) is 0 Å². The Kier molecular flexibility index (Phi) is 5.98. The maximum atomic E-state index is 16.1. The lowest BCUT2D eigenvalue weighted by atomic mass is 9.77. The van der Waals surface area contributed by atoms with Gasteiger partial charge in [-0.3, -0.25) is 10.1 Å². The van der Waals surface area contributed by atoms with Crippen molar-refractivity contribution < 1.29 is 23.1 Å². The molecule has 0 saturated heterocycles. The summed E-state index contributed by atoms with van der Waals surface area (Å²) in [5.74, 6) is -2.04. The number of ether oxygens (including phenoxy) is 1. The van der Waals surface area contributed by atoms with Gasteiger partial charge in [-0.25, -0.2) is 13.6 Å². The largest absolute Gasteiger partial charge is 0.443 e. The normalized spacial score (nSPS) is 18.1. The van der Waals surface area contributed by atoms with Crippen LogP contribution in [0.3, 0.4) is 0 Å². The first-order valence-corrected chi connectivity index (χ1v) is 12.0. The van der Waals surface area contributed by atoms with E-state index in [1.165, 1.54) is 13.0 Å². The summed E-state index contributed by atoms with van der Waals surface area (Å²) in [5.41, 5.74) is 1.67. The lowest BCUT2D eigenvalue weighted by Crippen LogP contribution is -2.52. The molecule has 0 aliphatic carbocycles. The van der Waals surface area contributed by atoms with Gasteiger partial charge in [0.15, 0.2) is 5.78 Å². The molecule has 1 unspecified atom stereocenters. The highest BCUT2D eigenvalue weighted by atomic mass is 19.1. The number of H-pyrrole nitrogens is 1. The van der Waals surface area contributed by atoms with Gasteiger partial charge in [-0.2, -0.15) is 0 Å². The second-order valence-electron chi connectivity index (χ2n) is 9.98. The highest BCUT2D eigenvalue weighted by Crippen LogP contribution is 2.46. The molecule has 3 aromatic carbocycles. The van der Waals surface area contributed by atoms with Crippen molar-refractivity contribution in [1.29, 1.82) is 0 Å². The van der Waals surface area contributed by atoms with E-state index < -0.39 is 35.3 Å². The Balaban J connectivity index is 1.47. The Morgan fingerprint density at radius 2 is 1.78 bits per heavy atom. The molecule has 0 spiro atoms. The number of amides is 1. The van der Waals surface area contributed by atoms with E-state index in [2.05, 4.69) is 15.6 Å². The van der Waals surface area contributed by atoms with Gasteiger partial charge in [0, 0.05) is 40.2 Å². The number of rotatable bonds is 4. The third-order valence-corrected chi connectivity index (χ3v) is 6.96. The van der Waals surface area contributed by atoms with Crippen LogP contribution in [0.1, 0.15) is 49.5 Å². The number of ketones is 1. The van der Waals surface area contributed by atoms with Crippen molar-refractivity contribution in [1.82, 2.24) is 4.98 Å². The summed E-state index contributed by atoms with van der Waals surface area (Å²) in [4.78, 5) is 27.4. The minimum absolute atomic E-state index is 0.0815. The van der Waals surface area contributed by atoms with Gasteiger partial charge in [-0.1, -0.05) is 25.1 Å². The quantitative estimate of drug-likeness (QED) is 0.256. The van der Waals surface area contributed by atoms with Crippen molar-refractivity contribution in [2.24, 2.45) is 0 Å².